The number of pyridine rings is 1. The summed E-state index contributed by atoms with van der Waals surface area (Å²) in [6.45, 7) is 1.92. The van der Waals surface area contributed by atoms with E-state index in [2.05, 4.69) is 15.2 Å². The molecule has 0 saturated carbocycles. The fourth-order valence-corrected chi connectivity index (χ4v) is 2.34. The summed E-state index contributed by atoms with van der Waals surface area (Å²) in [6.07, 6.45) is 0. The first-order valence-electron chi connectivity index (χ1n) is 7.56. The summed E-state index contributed by atoms with van der Waals surface area (Å²) < 4.78 is 7.24. The number of ether oxygens (including phenoxy) is 1. The molecule has 0 spiro atoms. The van der Waals surface area contributed by atoms with Crippen LogP contribution in [-0.2, 0) is 18.4 Å². The van der Waals surface area contributed by atoms with Gasteiger partial charge in [-0.3, -0.25) is 0 Å². The summed E-state index contributed by atoms with van der Waals surface area (Å²) in [6, 6.07) is 9.26. The van der Waals surface area contributed by atoms with Gasteiger partial charge in [0.05, 0.1) is 11.1 Å². The second-order valence-electron chi connectivity index (χ2n) is 5.74. The number of para-hydroxylation sites is 1. The van der Waals surface area contributed by atoms with Crippen LogP contribution in [0, 0.1) is 6.92 Å². The molecule has 0 amide bonds. The van der Waals surface area contributed by atoms with Gasteiger partial charge in [-0.05, 0) is 19.1 Å². The molecule has 1 aromatic carbocycles. The third-order valence-electron chi connectivity index (χ3n) is 3.90. The molecule has 0 aliphatic heterocycles. The van der Waals surface area contributed by atoms with Crippen LogP contribution < -0.4 is 4.90 Å². The van der Waals surface area contributed by atoms with Crippen molar-refractivity contribution in [3.8, 4) is 0 Å². The first kappa shape index (κ1) is 15.9. The maximum absolute atomic E-state index is 12.6. The molecule has 0 saturated heterocycles. The highest BCUT2D eigenvalue weighted by molar-refractivity contribution is 6.04. The molecule has 0 N–H and O–H groups in total. The predicted octanol–water partition coefficient (Wildman–Crippen LogP) is 2.09. The summed E-state index contributed by atoms with van der Waals surface area (Å²) in [5, 5.41) is 8.73. The molecule has 24 heavy (non-hydrogen) atoms. The highest BCUT2D eigenvalue weighted by Gasteiger charge is 2.16. The predicted molar refractivity (Wildman–Crippen MR) is 90.9 cm³/mol. The minimum Gasteiger partial charge on any atom is -0.454 e. The lowest BCUT2D eigenvalue weighted by Gasteiger charge is -2.14. The van der Waals surface area contributed by atoms with E-state index in [0.717, 1.165) is 16.7 Å². The van der Waals surface area contributed by atoms with Crippen LogP contribution in [0.15, 0.2) is 30.3 Å². The van der Waals surface area contributed by atoms with Crippen LogP contribution in [-0.4, -0.2) is 39.8 Å². The van der Waals surface area contributed by atoms with Gasteiger partial charge in [-0.1, -0.05) is 18.2 Å². The fraction of sp³-hybridized carbons (Fsp3) is 0.294. The number of hydrogen-bond donors (Lipinski definition) is 0. The molecule has 124 valence electrons. The van der Waals surface area contributed by atoms with E-state index < -0.39 is 5.97 Å². The Morgan fingerprint density at radius 1 is 1.25 bits per heavy atom. The Kier molecular flexibility index (Phi) is 4.16. The zero-order valence-corrected chi connectivity index (χ0v) is 14.1. The quantitative estimate of drug-likeness (QED) is 0.684. The topological polar surface area (TPSA) is 73.1 Å². The zero-order chi connectivity index (χ0) is 17.3. The fourth-order valence-electron chi connectivity index (χ4n) is 2.34. The van der Waals surface area contributed by atoms with E-state index in [4.69, 9.17) is 4.74 Å². The minimum atomic E-state index is -0.405. The van der Waals surface area contributed by atoms with Gasteiger partial charge < -0.3 is 14.2 Å². The lowest BCUT2D eigenvalue weighted by Crippen LogP contribution is -2.14. The zero-order valence-electron chi connectivity index (χ0n) is 14.1. The number of rotatable bonds is 4. The molecule has 0 radical (unpaired) electrons. The van der Waals surface area contributed by atoms with Gasteiger partial charge in [0.25, 0.3) is 0 Å². The number of anilines is 1. The van der Waals surface area contributed by atoms with Crippen molar-refractivity contribution in [3.63, 3.8) is 0 Å². The third kappa shape index (κ3) is 2.92. The van der Waals surface area contributed by atoms with E-state index in [9.17, 15) is 4.79 Å². The lowest BCUT2D eigenvalue weighted by atomic mass is 10.1. The van der Waals surface area contributed by atoms with Crippen molar-refractivity contribution < 1.29 is 9.53 Å². The van der Waals surface area contributed by atoms with Crippen molar-refractivity contribution in [1.82, 2.24) is 19.7 Å². The Labute approximate surface area is 139 Å². The third-order valence-corrected chi connectivity index (χ3v) is 3.90. The van der Waals surface area contributed by atoms with Crippen molar-refractivity contribution in [1.29, 1.82) is 0 Å². The van der Waals surface area contributed by atoms with Gasteiger partial charge in [0, 0.05) is 26.5 Å². The van der Waals surface area contributed by atoms with Gasteiger partial charge in [-0.2, -0.15) is 0 Å². The molecule has 2 heterocycles. The molecular weight excluding hydrogens is 306 g/mol. The summed E-state index contributed by atoms with van der Waals surface area (Å²) in [4.78, 5) is 19.0. The molecular formula is C17H19N5O2. The number of benzene rings is 1. The number of fused-ring (bicyclic) bond motifs is 1. The van der Waals surface area contributed by atoms with Crippen LogP contribution in [0.3, 0.4) is 0 Å². The number of aromatic nitrogens is 4. The van der Waals surface area contributed by atoms with E-state index >= 15 is 0 Å². The van der Waals surface area contributed by atoms with E-state index in [0.29, 0.717) is 17.2 Å². The van der Waals surface area contributed by atoms with Gasteiger partial charge in [-0.15, -0.1) is 10.2 Å². The Balaban J connectivity index is 1.92. The number of carbonyl (C=O) groups is 1. The van der Waals surface area contributed by atoms with Crippen LogP contribution in [0.4, 0.5) is 5.82 Å². The lowest BCUT2D eigenvalue weighted by molar-refractivity contribution is 0.0461. The van der Waals surface area contributed by atoms with Crippen molar-refractivity contribution >= 4 is 22.7 Å². The molecule has 7 nitrogen and oxygen atoms in total. The van der Waals surface area contributed by atoms with E-state index in [1.807, 2.05) is 57.2 Å². The van der Waals surface area contributed by atoms with Crippen LogP contribution in [0.5, 0.6) is 0 Å². The first-order chi connectivity index (χ1) is 11.5. The second-order valence-corrected chi connectivity index (χ2v) is 5.74. The number of hydrogen-bond acceptors (Lipinski definition) is 6. The maximum atomic E-state index is 12.6. The molecule has 3 rings (SSSR count). The molecule has 7 heteroatoms. The monoisotopic (exact) mass is 325 g/mol. The largest absolute Gasteiger partial charge is 0.454 e. The van der Waals surface area contributed by atoms with Crippen molar-refractivity contribution in [2.75, 3.05) is 19.0 Å². The van der Waals surface area contributed by atoms with Gasteiger partial charge >= 0.3 is 5.97 Å². The maximum Gasteiger partial charge on any atom is 0.339 e. The Morgan fingerprint density at radius 2 is 2.00 bits per heavy atom. The van der Waals surface area contributed by atoms with E-state index in [1.165, 1.54) is 0 Å². The average molecular weight is 325 g/mol. The number of carbonyl (C=O) groups excluding carboxylic acids is 1. The minimum absolute atomic E-state index is 0.0735. The highest BCUT2D eigenvalue weighted by Crippen LogP contribution is 2.23. The van der Waals surface area contributed by atoms with Gasteiger partial charge in [0.2, 0.25) is 0 Å². The summed E-state index contributed by atoms with van der Waals surface area (Å²) in [7, 11) is 5.60. The summed E-state index contributed by atoms with van der Waals surface area (Å²) in [5.41, 5.74) is 1.24. The van der Waals surface area contributed by atoms with Gasteiger partial charge in [-0.25, -0.2) is 9.78 Å². The molecule has 0 fully saturated rings. The van der Waals surface area contributed by atoms with E-state index in [1.54, 1.807) is 10.6 Å². The number of aryl methyl sites for hydroxylation is 1. The van der Waals surface area contributed by atoms with Crippen LogP contribution in [0.1, 0.15) is 22.0 Å². The molecule has 0 unspecified atom stereocenters. The highest BCUT2D eigenvalue weighted by atomic mass is 16.5. The van der Waals surface area contributed by atoms with Crippen molar-refractivity contribution in [2.24, 2.45) is 7.05 Å². The van der Waals surface area contributed by atoms with Crippen LogP contribution in [0.2, 0.25) is 0 Å². The Morgan fingerprint density at radius 3 is 2.67 bits per heavy atom. The number of esters is 1. The molecule has 0 atom stereocenters. The normalized spacial score (nSPS) is 10.8. The SMILES string of the molecule is Cc1nnc(COC(=O)c2cc(N(C)C)nc3ccccc23)n1C. The molecule has 2 aromatic heterocycles. The molecule has 3 aromatic rings. The Bertz CT molecular complexity index is 901. The van der Waals surface area contributed by atoms with Crippen molar-refractivity contribution in [2.45, 2.75) is 13.5 Å². The van der Waals surface area contributed by atoms with E-state index in [-0.39, 0.29) is 6.61 Å². The molecule has 0 bridgehead atoms. The number of nitrogens with zero attached hydrogens (tertiary/aromatic N) is 5. The Hall–Kier alpha value is -2.96. The van der Waals surface area contributed by atoms with Gasteiger partial charge in [0.1, 0.15) is 11.6 Å². The molecule has 0 aliphatic rings. The summed E-state index contributed by atoms with van der Waals surface area (Å²) in [5.74, 6) is 1.67. The first-order valence-corrected chi connectivity index (χ1v) is 7.56. The average Bonchev–Trinajstić information content (AvgIpc) is 2.90. The summed E-state index contributed by atoms with van der Waals surface area (Å²) >= 11 is 0. The van der Waals surface area contributed by atoms with Crippen molar-refractivity contribution in [3.05, 3.63) is 47.5 Å². The molecule has 0 aliphatic carbocycles. The van der Waals surface area contributed by atoms with Gasteiger partial charge in [0.15, 0.2) is 12.4 Å². The smallest absolute Gasteiger partial charge is 0.339 e. The standard InChI is InChI=1S/C17H19N5O2/c1-11-19-20-16(22(11)4)10-24-17(23)13-9-15(21(2)3)18-14-8-6-5-7-12(13)14/h5-9H,10H2,1-4H3. The second kappa shape index (κ2) is 6.27. The van der Waals surface area contributed by atoms with Crippen LogP contribution >= 0.6 is 0 Å². The van der Waals surface area contributed by atoms with Crippen LogP contribution in [0.25, 0.3) is 10.9 Å².